The lowest BCUT2D eigenvalue weighted by Crippen LogP contribution is -2.43. The predicted molar refractivity (Wildman–Crippen MR) is 97.6 cm³/mol. The number of hydrogen-bond donors (Lipinski definition) is 1. The molecule has 24 heavy (non-hydrogen) atoms. The summed E-state index contributed by atoms with van der Waals surface area (Å²) in [5, 5.41) is 2.98. The fourth-order valence-electron chi connectivity index (χ4n) is 3.36. The number of methoxy groups -OCH3 is 1. The minimum absolute atomic E-state index is 0.109. The van der Waals surface area contributed by atoms with Gasteiger partial charge in [0.05, 0.1) is 6.10 Å². The van der Waals surface area contributed by atoms with Crippen molar-refractivity contribution in [3.05, 3.63) is 23.8 Å². The molecule has 1 aliphatic rings. The summed E-state index contributed by atoms with van der Waals surface area (Å²) in [5.41, 5.74) is 1.01. The number of carbonyl (C=O) groups excluding carboxylic acids is 1. The van der Waals surface area contributed by atoms with Crippen LogP contribution in [-0.2, 0) is 9.53 Å². The first kappa shape index (κ1) is 18.8. The van der Waals surface area contributed by atoms with E-state index < -0.39 is 5.60 Å². The van der Waals surface area contributed by atoms with Crippen LogP contribution in [0.5, 0.6) is 5.75 Å². The van der Waals surface area contributed by atoms with E-state index in [1.807, 2.05) is 32.0 Å². The van der Waals surface area contributed by atoms with Gasteiger partial charge >= 0.3 is 0 Å². The third kappa shape index (κ3) is 4.73. The smallest absolute Gasteiger partial charge is 0.256 e. The number of anilines is 1. The lowest BCUT2D eigenvalue weighted by Gasteiger charge is -2.28. The number of ether oxygens (including phenoxy) is 2. The Kier molecular flexibility index (Phi) is 6.27. The molecular weight excluding hydrogens is 302 g/mol. The molecule has 0 radical (unpaired) electrons. The number of rotatable bonds is 7. The van der Waals surface area contributed by atoms with Crippen LogP contribution < -0.4 is 10.1 Å². The average Bonchev–Trinajstić information content (AvgIpc) is 3.02. The maximum atomic E-state index is 12.6. The molecule has 0 aliphatic heterocycles. The van der Waals surface area contributed by atoms with Gasteiger partial charge in [-0.2, -0.15) is 0 Å². The van der Waals surface area contributed by atoms with Crippen LogP contribution in [0.25, 0.3) is 0 Å². The third-order valence-corrected chi connectivity index (χ3v) is 4.76. The van der Waals surface area contributed by atoms with Crippen molar-refractivity contribution >= 4 is 11.6 Å². The molecular formula is C20H31NO3. The number of amides is 1. The number of carbonyl (C=O) groups is 1. The maximum absolute atomic E-state index is 12.6. The van der Waals surface area contributed by atoms with Crippen molar-refractivity contribution in [3.63, 3.8) is 0 Å². The molecule has 1 aromatic carbocycles. The lowest BCUT2D eigenvalue weighted by atomic mass is 9.93. The van der Waals surface area contributed by atoms with Crippen molar-refractivity contribution in [2.75, 3.05) is 12.4 Å². The minimum atomic E-state index is -0.818. The Morgan fingerprint density at radius 3 is 2.54 bits per heavy atom. The molecule has 1 unspecified atom stereocenters. The van der Waals surface area contributed by atoms with E-state index in [9.17, 15) is 4.79 Å². The zero-order valence-electron chi connectivity index (χ0n) is 15.6. The summed E-state index contributed by atoms with van der Waals surface area (Å²) < 4.78 is 11.6. The van der Waals surface area contributed by atoms with Crippen LogP contribution in [0.15, 0.2) is 18.2 Å². The molecule has 1 atom stereocenters. The molecule has 1 N–H and O–H groups in total. The van der Waals surface area contributed by atoms with Crippen molar-refractivity contribution in [3.8, 4) is 5.75 Å². The molecule has 0 bridgehead atoms. The van der Waals surface area contributed by atoms with Crippen LogP contribution >= 0.6 is 0 Å². The van der Waals surface area contributed by atoms with Gasteiger partial charge in [0.25, 0.3) is 5.91 Å². The van der Waals surface area contributed by atoms with E-state index in [-0.39, 0.29) is 5.91 Å². The number of aryl methyl sites for hydroxylation is 1. The zero-order chi connectivity index (χ0) is 17.7. The predicted octanol–water partition coefficient (Wildman–Crippen LogP) is 4.71. The monoisotopic (exact) mass is 333 g/mol. The van der Waals surface area contributed by atoms with E-state index in [2.05, 4.69) is 19.2 Å². The van der Waals surface area contributed by atoms with Crippen LogP contribution in [0, 0.1) is 12.8 Å². The molecule has 0 spiro atoms. The number of hydrogen-bond acceptors (Lipinski definition) is 3. The van der Waals surface area contributed by atoms with Gasteiger partial charge < -0.3 is 14.8 Å². The van der Waals surface area contributed by atoms with Gasteiger partial charge in [0.1, 0.15) is 11.4 Å². The zero-order valence-corrected chi connectivity index (χ0v) is 15.6. The number of nitrogens with one attached hydrogen (secondary N) is 1. The topological polar surface area (TPSA) is 47.6 Å². The molecule has 0 heterocycles. The van der Waals surface area contributed by atoms with Gasteiger partial charge in [-0.25, -0.2) is 0 Å². The summed E-state index contributed by atoms with van der Waals surface area (Å²) in [7, 11) is 1.59. The fourth-order valence-corrected chi connectivity index (χ4v) is 3.36. The summed E-state index contributed by atoms with van der Waals surface area (Å²) >= 11 is 0. The molecule has 1 aromatic rings. The highest BCUT2D eigenvalue weighted by Crippen LogP contribution is 2.29. The Morgan fingerprint density at radius 2 is 2.00 bits per heavy atom. The van der Waals surface area contributed by atoms with Gasteiger partial charge in [0.15, 0.2) is 0 Å². The SMILES string of the molecule is COC(C)(CC(C)C)C(=O)Nc1ccc(OC2CCCC2)c(C)c1. The second-order valence-electron chi connectivity index (χ2n) is 7.49. The molecule has 0 aromatic heterocycles. The van der Waals surface area contributed by atoms with Crippen molar-refractivity contribution in [1.82, 2.24) is 0 Å². The molecule has 4 nitrogen and oxygen atoms in total. The van der Waals surface area contributed by atoms with E-state index >= 15 is 0 Å². The summed E-state index contributed by atoms with van der Waals surface area (Å²) in [4.78, 5) is 12.6. The Hall–Kier alpha value is -1.55. The fraction of sp³-hybridized carbons (Fsp3) is 0.650. The molecule has 1 fully saturated rings. The van der Waals surface area contributed by atoms with Gasteiger partial charge in [-0.05, 0) is 75.6 Å². The standard InChI is InChI=1S/C20H31NO3/c1-14(2)13-20(4,23-5)19(22)21-16-10-11-18(15(3)12-16)24-17-8-6-7-9-17/h10-12,14,17H,6-9,13H2,1-5H3,(H,21,22). The molecule has 1 amide bonds. The van der Waals surface area contributed by atoms with E-state index in [0.29, 0.717) is 18.4 Å². The molecule has 134 valence electrons. The summed E-state index contributed by atoms with van der Waals surface area (Å²) in [6.45, 7) is 8.03. The van der Waals surface area contributed by atoms with E-state index in [1.165, 1.54) is 12.8 Å². The first-order valence-corrected chi connectivity index (χ1v) is 8.98. The molecule has 2 rings (SSSR count). The second-order valence-corrected chi connectivity index (χ2v) is 7.49. The molecule has 1 saturated carbocycles. The quantitative estimate of drug-likeness (QED) is 0.786. The Morgan fingerprint density at radius 1 is 1.33 bits per heavy atom. The Balaban J connectivity index is 2.04. The van der Waals surface area contributed by atoms with Gasteiger partial charge in [-0.1, -0.05) is 13.8 Å². The largest absolute Gasteiger partial charge is 0.490 e. The first-order valence-electron chi connectivity index (χ1n) is 8.98. The van der Waals surface area contributed by atoms with Crippen LogP contribution in [0.4, 0.5) is 5.69 Å². The van der Waals surface area contributed by atoms with Crippen LogP contribution in [0.1, 0.15) is 58.4 Å². The van der Waals surface area contributed by atoms with Crippen LogP contribution in [-0.4, -0.2) is 24.7 Å². The van der Waals surface area contributed by atoms with Crippen LogP contribution in [0.3, 0.4) is 0 Å². The van der Waals surface area contributed by atoms with E-state index in [1.54, 1.807) is 7.11 Å². The highest BCUT2D eigenvalue weighted by Gasteiger charge is 2.34. The van der Waals surface area contributed by atoms with Crippen LogP contribution in [0.2, 0.25) is 0 Å². The molecule has 1 aliphatic carbocycles. The summed E-state index contributed by atoms with van der Waals surface area (Å²) in [6, 6.07) is 5.82. The van der Waals surface area contributed by atoms with Gasteiger partial charge in [-0.15, -0.1) is 0 Å². The normalized spacial score (nSPS) is 17.8. The molecule has 0 saturated heterocycles. The highest BCUT2D eigenvalue weighted by molar-refractivity contribution is 5.97. The Labute approximate surface area is 145 Å². The molecule has 4 heteroatoms. The van der Waals surface area contributed by atoms with Crippen molar-refractivity contribution in [2.45, 2.75) is 71.5 Å². The minimum Gasteiger partial charge on any atom is -0.490 e. The van der Waals surface area contributed by atoms with Gasteiger partial charge in [-0.3, -0.25) is 4.79 Å². The van der Waals surface area contributed by atoms with E-state index in [4.69, 9.17) is 9.47 Å². The van der Waals surface area contributed by atoms with Gasteiger partial charge in [0, 0.05) is 12.8 Å². The third-order valence-electron chi connectivity index (χ3n) is 4.76. The van der Waals surface area contributed by atoms with E-state index in [0.717, 1.165) is 29.8 Å². The highest BCUT2D eigenvalue weighted by atomic mass is 16.5. The second kappa shape index (κ2) is 8.02. The number of benzene rings is 1. The summed E-state index contributed by atoms with van der Waals surface area (Å²) in [5.74, 6) is 1.18. The average molecular weight is 333 g/mol. The maximum Gasteiger partial charge on any atom is 0.256 e. The Bertz CT molecular complexity index is 564. The summed E-state index contributed by atoms with van der Waals surface area (Å²) in [6.07, 6.45) is 5.80. The lowest BCUT2D eigenvalue weighted by molar-refractivity contribution is -0.137. The van der Waals surface area contributed by atoms with Gasteiger partial charge in [0.2, 0.25) is 0 Å². The first-order chi connectivity index (χ1) is 11.3. The van der Waals surface area contributed by atoms with Crippen molar-refractivity contribution in [1.29, 1.82) is 0 Å². The van der Waals surface area contributed by atoms with Crippen molar-refractivity contribution < 1.29 is 14.3 Å². The van der Waals surface area contributed by atoms with Crippen molar-refractivity contribution in [2.24, 2.45) is 5.92 Å².